The molecule has 2 N–H and O–H groups in total. The molecule has 0 amide bonds. The molecule has 0 saturated carbocycles. The van der Waals surface area contributed by atoms with Gasteiger partial charge < -0.3 is 15.0 Å². The van der Waals surface area contributed by atoms with Gasteiger partial charge in [0.05, 0.1) is 23.7 Å². The second-order valence-corrected chi connectivity index (χ2v) is 5.99. The van der Waals surface area contributed by atoms with Crippen molar-refractivity contribution in [2.75, 3.05) is 39.2 Å². The van der Waals surface area contributed by atoms with Crippen LogP contribution in [0.25, 0.3) is 10.9 Å². The van der Waals surface area contributed by atoms with E-state index < -0.39 is 0 Å². The van der Waals surface area contributed by atoms with Crippen molar-refractivity contribution in [1.82, 2.24) is 9.88 Å². The van der Waals surface area contributed by atoms with Crippen molar-refractivity contribution in [3.8, 4) is 5.75 Å². The van der Waals surface area contributed by atoms with Crippen molar-refractivity contribution in [2.24, 2.45) is 0 Å². The summed E-state index contributed by atoms with van der Waals surface area (Å²) in [5, 5.41) is 4.26. The van der Waals surface area contributed by atoms with Gasteiger partial charge in [0.1, 0.15) is 12.4 Å². The third-order valence-electron chi connectivity index (χ3n) is 4.28. The molecule has 8 heteroatoms. The summed E-state index contributed by atoms with van der Waals surface area (Å²) in [6, 6.07) is 3.91. The van der Waals surface area contributed by atoms with Crippen LogP contribution in [-0.4, -0.2) is 43.8 Å². The van der Waals surface area contributed by atoms with E-state index in [0.717, 1.165) is 52.9 Å². The first kappa shape index (κ1) is 21.5. The Bertz CT molecular complexity index is 783. The number of halogens is 3. The fourth-order valence-electron chi connectivity index (χ4n) is 3.19. The maximum Gasteiger partial charge on any atom is 0.253 e. The molecule has 1 aromatic carbocycles. The zero-order valence-corrected chi connectivity index (χ0v) is 16.0. The van der Waals surface area contributed by atoms with Gasteiger partial charge in [-0.2, -0.15) is 0 Å². The lowest BCUT2D eigenvalue weighted by molar-refractivity contribution is 0.288. The lowest BCUT2D eigenvalue weighted by Gasteiger charge is -2.22. The molecule has 1 aromatic heterocycles. The summed E-state index contributed by atoms with van der Waals surface area (Å²) in [5.74, 6) is 0.730. The van der Waals surface area contributed by atoms with Crippen molar-refractivity contribution in [2.45, 2.75) is 19.4 Å². The van der Waals surface area contributed by atoms with Crippen LogP contribution < -0.4 is 15.6 Å². The lowest BCUT2D eigenvalue weighted by Crippen LogP contribution is -2.23. The summed E-state index contributed by atoms with van der Waals surface area (Å²) in [7, 11) is 3.50. The molecular formula is C17H24Cl2FN3O2. The number of H-pyrrole nitrogens is 1. The van der Waals surface area contributed by atoms with E-state index >= 15 is 0 Å². The standard InChI is InChI=1S/C17H22FN3O2.2ClH/c1-21(7-5-18)10-11-8-13-15(14(9-11)23-2)16-12(17(22)20-13)4-3-6-19-16;;/h8-9,19H,3-7,10H2,1-2H3,(H,20,22);2*1H. The summed E-state index contributed by atoms with van der Waals surface area (Å²) >= 11 is 0. The van der Waals surface area contributed by atoms with Crippen LogP contribution in [0.2, 0.25) is 0 Å². The topological polar surface area (TPSA) is 57.4 Å². The van der Waals surface area contributed by atoms with Crippen molar-refractivity contribution < 1.29 is 9.13 Å². The van der Waals surface area contributed by atoms with Crippen LogP contribution in [0, 0.1) is 0 Å². The molecule has 25 heavy (non-hydrogen) atoms. The Balaban J connectivity index is 0.00000156. The number of rotatable bonds is 5. The van der Waals surface area contributed by atoms with Crippen LogP contribution in [0.15, 0.2) is 16.9 Å². The molecule has 1 aliphatic rings. The number of aromatic nitrogens is 1. The number of aromatic amines is 1. The third-order valence-corrected chi connectivity index (χ3v) is 4.28. The summed E-state index contributed by atoms with van der Waals surface area (Å²) in [5.41, 5.74) is 3.37. The first-order valence-electron chi connectivity index (χ1n) is 7.88. The summed E-state index contributed by atoms with van der Waals surface area (Å²) < 4.78 is 18.0. The smallest absolute Gasteiger partial charge is 0.253 e. The third kappa shape index (κ3) is 4.37. The van der Waals surface area contributed by atoms with Crippen LogP contribution in [0.4, 0.5) is 10.1 Å². The molecule has 0 bridgehead atoms. The number of fused-ring (bicyclic) bond motifs is 3. The van der Waals surface area contributed by atoms with Gasteiger partial charge in [0.2, 0.25) is 0 Å². The second-order valence-electron chi connectivity index (χ2n) is 5.99. The fraction of sp³-hybridized carbons (Fsp3) is 0.471. The largest absolute Gasteiger partial charge is 0.496 e. The quantitative estimate of drug-likeness (QED) is 0.821. The molecule has 0 atom stereocenters. The first-order valence-corrected chi connectivity index (χ1v) is 7.88. The van der Waals surface area contributed by atoms with Crippen LogP contribution in [-0.2, 0) is 13.0 Å². The van der Waals surface area contributed by atoms with E-state index in [2.05, 4.69) is 10.3 Å². The number of hydrogen-bond donors (Lipinski definition) is 2. The highest BCUT2D eigenvalue weighted by atomic mass is 35.5. The number of benzene rings is 1. The zero-order chi connectivity index (χ0) is 16.4. The molecule has 5 nitrogen and oxygen atoms in total. The zero-order valence-electron chi connectivity index (χ0n) is 14.4. The lowest BCUT2D eigenvalue weighted by atomic mass is 9.99. The van der Waals surface area contributed by atoms with E-state index in [-0.39, 0.29) is 37.0 Å². The number of anilines is 1. The number of nitrogens with one attached hydrogen (secondary N) is 2. The van der Waals surface area contributed by atoms with Gasteiger partial charge in [-0.1, -0.05) is 0 Å². The van der Waals surface area contributed by atoms with Crippen LogP contribution >= 0.6 is 24.8 Å². The summed E-state index contributed by atoms with van der Waals surface area (Å²) in [6.07, 6.45) is 1.73. The molecule has 3 rings (SSSR count). The van der Waals surface area contributed by atoms with Gasteiger partial charge in [0.25, 0.3) is 5.56 Å². The molecule has 0 radical (unpaired) electrons. The number of methoxy groups -OCH3 is 1. The minimum Gasteiger partial charge on any atom is -0.496 e. The van der Waals surface area contributed by atoms with Gasteiger partial charge in [-0.05, 0) is 37.6 Å². The maximum atomic E-state index is 12.5. The van der Waals surface area contributed by atoms with Crippen LogP contribution in [0.3, 0.4) is 0 Å². The van der Waals surface area contributed by atoms with Gasteiger partial charge >= 0.3 is 0 Å². The molecular weight excluding hydrogens is 368 g/mol. The van der Waals surface area contributed by atoms with Gasteiger partial charge in [-0.15, -0.1) is 24.8 Å². The van der Waals surface area contributed by atoms with E-state index in [9.17, 15) is 9.18 Å². The number of ether oxygens (including phenoxy) is 1. The van der Waals surface area contributed by atoms with Crippen molar-refractivity contribution >= 4 is 41.4 Å². The molecule has 0 spiro atoms. The maximum absolute atomic E-state index is 12.5. The van der Waals surface area contributed by atoms with Gasteiger partial charge in [-0.25, -0.2) is 4.39 Å². The van der Waals surface area contributed by atoms with Gasteiger partial charge in [-0.3, -0.25) is 9.69 Å². The van der Waals surface area contributed by atoms with Gasteiger partial charge in [0.15, 0.2) is 0 Å². The van der Waals surface area contributed by atoms with Crippen LogP contribution in [0.1, 0.15) is 17.5 Å². The minimum atomic E-state index is -0.379. The predicted molar refractivity (Wildman–Crippen MR) is 105 cm³/mol. The van der Waals surface area contributed by atoms with E-state index in [1.165, 1.54) is 0 Å². The Labute approximate surface area is 158 Å². The Morgan fingerprint density at radius 2 is 2.08 bits per heavy atom. The van der Waals surface area contributed by atoms with E-state index in [1.807, 2.05) is 24.1 Å². The highest BCUT2D eigenvalue weighted by Gasteiger charge is 2.19. The van der Waals surface area contributed by atoms with Crippen LogP contribution in [0.5, 0.6) is 5.75 Å². The molecule has 2 aromatic rings. The second kappa shape index (κ2) is 9.27. The van der Waals surface area contributed by atoms with Gasteiger partial charge in [0, 0.05) is 25.2 Å². The molecule has 0 saturated heterocycles. The first-order chi connectivity index (χ1) is 11.1. The average molecular weight is 392 g/mol. The molecule has 1 aliphatic heterocycles. The highest BCUT2D eigenvalue weighted by Crippen LogP contribution is 2.35. The van der Waals surface area contributed by atoms with Crippen molar-refractivity contribution in [3.63, 3.8) is 0 Å². The number of hydrogen-bond acceptors (Lipinski definition) is 4. The Morgan fingerprint density at radius 1 is 1.32 bits per heavy atom. The van der Waals surface area contributed by atoms with E-state index in [0.29, 0.717) is 13.1 Å². The normalized spacial score (nSPS) is 12.8. The van der Waals surface area contributed by atoms with Crippen molar-refractivity contribution in [3.05, 3.63) is 33.6 Å². The molecule has 0 unspecified atom stereocenters. The molecule has 0 aliphatic carbocycles. The highest BCUT2D eigenvalue weighted by molar-refractivity contribution is 5.98. The Kier molecular flexibility index (Phi) is 7.99. The molecule has 0 fully saturated rings. The monoisotopic (exact) mass is 391 g/mol. The fourth-order valence-corrected chi connectivity index (χ4v) is 3.19. The average Bonchev–Trinajstić information content (AvgIpc) is 2.54. The number of pyridine rings is 1. The molecule has 140 valence electrons. The van der Waals surface area contributed by atoms with E-state index in [1.54, 1.807) is 7.11 Å². The molecule has 2 heterocycles. The van der Waals surface area contributed by atoms with E-state index in [4.69, 9.17) is 4.74 Å². The minimum absolute atomic E-state index is 0. The summed E-state index contributed by atoms with van der Waals surface area (Å²) in [4.78, 5) is 17.2. The van der Waals surface area contributed by atoms with Crippen molar-refractivity contribution in [1.29, 1.82) is 0 Å². The SMILES string of the molecule is COc1cc(CN(C)CCF)cc2[nH]c(=O)c3c(c12)NCCC3.Cl.Cl. The number of alkyl halides is 1. The Hall–Kier alpha value is -1.50. The predicted octanol–water partition coefficient (Wildman–Crippen LogP) is 3.14. The number of nitrogens with zero attached hydrogens (tertiary/aromatic N) is 1. The summed E-state index contributed by atoms with van der Waals surface area (Å²) in [6.45, 7) is 1.45. The Morgan fingerprint density at radius 3 is 2.76 bits per heavy atom.